The van der Waals surface area contributed by atoms with E-state index in [1.54, 1.807) is 0 Å². The van der Waals surface area contributed by atoms with Crippen molar-refractivity contribution in [2.75, 3.05) is 6.61 Å². The van der Waals surface area contributed by atoms with Gasteiger partial charge in [0, 0.05) is 6.04 Å². The third-order valence-electron chi connectivity index (χ3n) is 2.30. The fraction of sp³-hybridized carbons (Fsp3) is 0.385. The van der Waals surface area contributed by atoms with Crippen LogP contribution in [0.5, 0.6) is 5.75 Å². The number of hydrogen-bond donors (Lipinski definition) is 1. The van der Waals surface area contributed by atoms with Crippen LogP contribution in [0, 0.1) is 0 Å². The second-order valence-electron chi connectivity index (χ2n) is 3.47. The summed E-state index contributed by atoms with van der Waals surface area (Å²) in [5, 5.41) is 0. The Kier molecular flexibility index (Phi) is 7.69. The van der Waals surface area contributed by atoms with Gasteiger partial charge in [-0.1, -0.05) is 18.2 Å². The minimum atomic E-state index is 0. The van der Waals surface area contributed by atoms with Gasteiger partial charge in [-0.25, -0.2) is 0 Å². The van der Waals surface area contributed by atoms with Crippen LogP contribution in [0.15, 0.2) is 36.9 Å². The van der Waals surface area contributed by atoms with E-state index in [4.69, 9.17) is 10.5 Å². The summed E-state index contributed by atoms with van der Waals surface area (Å²) in [4.78, 5) is 0. The third-order valence-corrected chi connectivity index (χ3v) is 2.30. The van der Waals surface area contributed by atoms with Crippen LogP contribution < -0.4 is 10.5 Å². The lowest BCUT2D eigenvalue weighted by molar-refractivity contribution is 0.340. The van der Waals surface area contributed by atoms with Crippen LogP contribution in [-0.4, -0.2) is 6.61 Å². The van der Waals surface area contributed by atoms with Gasteiger partial charge in [0.05, 0.1) is 6.61 Å². The Bertz CT molecular complexity index is 297. The Labute approximate surface area is 104 Å². The number of allylic oxidation sites excluding steroid dienone is 1. The first kappa shape index (κ1) is 15.0. The lowest BCUT2D eigenvalue weighted by atomic mass is 10.0. The number of benzene rings is 1. The van der Waals surface area contributed by atoms with Gasteiger partial charge in [-0.3, -0.25) is 0 Å². The second-order valence-corrected chi connectivity index (χ2v) is 3.47. The monoisotopic (exact) mass is 241 g/mol. The Morgan fingerprint density at radius 1 is 1.38 bits per heavy atom. The molecule has 0 aliphatic rings. The highest BCUT2D eigenvalue weighted by Gasteiger charge is 2.04. The van der Waals surface area contributed by atoms with Gasteiger partial charge in [-0.05, 0) is 37.5 Å². The van der Waals surface area contributed by atoms with E-state index in [0.29, 0.717) is 6.61 Å². The van der Waals surface area contributed by atoms with Crippen molar-refractivity contribution in [3.63, 3.8) is 0 Å². The van der Waals surface area contributed by atoms with Gasteiger partial charge >= 0.3 is 0 Å². The summed E-state index contributed by atoms with van der Waals surface area (Å²) >= 11 is 0. The Morgan fingerprint density at radius 3 is 2.50 bits per heavy atom. The summed E-state index contributed by atoms with van der Waals surface area (Å²) < 4.78 is 5.36. The van der Waals surface area contributed by atoms with Crippen molar-refractivity contribution in [3.8, 4) is 5.75 Å². The van der Waals surface area contributed by atoms with Crippen molar-refractivity contribution in [3.05, 3.63) is 42.5 Å². The van der Waals surface area contributed by atoms with Crippen molar-refractivity contribution in [1.29, 1.82) is 0 Å². The minimum absolute atomic E-state index is 0. The largest absolute Gasteiger partial charge is 0.494 e. The molecule has 2 N–H and O–H groups in total. The molecule has 0 aliphatic carbocycles. The summed E-state index contributed by atoms with van der Waals surface area (Å²) in [6.45, 7) is 6.36. The van der Waals surface area contributed by atoms with Crippen molar-refractivity contribution < 1.29 is 4.74 Å². The molecular formula is C13H20ClNO. The smallest absolute Gasteiger partial charge is 0.119 e. The first-order chi connectivity index (χ1) is 7.27. The third kappa shape index (κ3) is 4.69. The zero-order chi connectivity index (χ0) is 11.1. The number of hydrogen-bond acceptors (Lipinski definition) is 2. The van der Waals surface area contributed by atoms with Gasteiger partial charge in [-0.15, -0.1) is 19.0 Å². The number of halogens is 1. The van der Waals surface area contributed by atoms with Crippen molar-refractivity contribution in [2.24, 2.45) is 5.73 Å². The fourth-order valence-electron chi connectivity index (χ4n) is 1.44. The summed E-state index contributed by atoms with van der Waals surface area (Å²) in [6.07, 6.45) is 3.79. The van der Waals surface area contributed by atoms with Crippen LogP contribution in [-0.2, 0) is 0 Å². The van der Waals surface area contributed by atoms with Gasteiger partial charge in [0.25, 0.3) is 0 Å². The zero-order valence-electron chi connectivity index (χ0n) is 9.69. The SMILES string of the molecule is C=CCC[C@@H](N)c1ccc(OCC)cc1.Cl. The van der Waals surface area contributed by atoms with E-state index in [1.807, 2.05) is 37.3 Å². The Balaban J connectivity index is 0.00000225. The van der Waals surface area contributed by atoms with Crippen LogP contribution in [0.25, 0.3) is 0 Å². The lowest BCUT2D eigenvalue weighted by Crippen LogP contribution is -2.09. The predicted molar refractivity (Wildman–Crippen MR) is 71.2 cm³/mol. The molecule has 0 unspecified atom stereocenters. The molecule has 1 rings (SSSR count). The van der Waals surface area contributed by atoms with E-state index < -0.39 is 0 Å². The molecule has 0 aliphatic heterocycles. The van der Waals surface area contributed by atoms with E-state index in [1.165, 1.54) is 0 Å². The van der Waals surface area contributed by atoms with Crippen molar-refractivity contribution in [1.82, 2.24) is 0 Å². The zero-order valence-corrected chi connectivity index (χ0v) is 10.5. The lowest BCUT2D eigenvalue weighted by Gasteiger charge is -2.11. The number of ether oxygens (including phenoxy) is 1. The molecule has 0 saturated heterocycles. The minimum Gasteiger partial charge on any atom is -0.494 e. The molecule has 0 saturated carbocycles. The normalized spacial score (nSPS) is 11.4. The van der Waals surface area contributed by atoms with E-state index in [9.17, 15) is 0 Å². The van der Waals surface area contributed by atoms with E-state index in [0.717, 1.165) is 24.2 Å². The highest BCUT2D eigenvalue weighted by atomic mass is 35.5. The molecule has 0 heterocycles. The van der Waals surface area contributed by atoms with Gasteiger partial charge in [0.2, 0.25) is 0 Å². The summed E-state index contributed by atoms with van der Waals surface area (Å²) in [6, 6.07) is 8.08. The van der Waals surface area contributed by atoms with Gasteiger partial charge < -0.3 is 10.5 Å². The van der Waals surface area contributed by atoms with Gasteiger partial charge in [-0.2, -0.15) is 0 Å². The van der Waals surface area contributed by atoms with Crippen LogP contribution >= 0.6 is 12.4 Å². The van der Waals surface area contributed by atoms with Crippen molar-refractivity contribution >= 4 is 12.4 Å². The molecule has 1 atom stereocenters. The molecule has 1 aromatic carbocycles. The van der Waals surface area contributed by atoms with Crippen LogP contribution in [0.3, 0.4) is 0 Å². The van der Waals surface area contributed by atoms with Gasteiger partial charge in [0.15, 0.2) is 0 Å². The quantitative estimate of drug-likeness (QED) is 0.774. The molecule has 0 spiro atoms. The molecule has 0 radical (unpaired) electrons. The molecule has 0 amide bonds. The molecular weight excluding hydrogens is 222 g/mol. The predicted octanol–water partition coefficient (Wildman–Crippen LogP) is 3.47. The van der Waals surface area contributed by atoms with Gasteiger partial charge in [0.1, 0.15) is 5.75 Å². The van der Waals surface area contributed by atoms with E-state index in [-0.39, 0.29) is 18.4 Å². The Hall–Kier alpha value is -0.990. The first-order valence-electron chi connectivity index (χ1n) is 5.37. The average Bonchev–Trinajstić information content (AvgIpc) is 2.27. The number of rotatable bonds is 6. The molecule has 16 heavy (non-hydrogen) atoms. The summed E-state index contributed by atoms with van der Waals surface area (Å²) in [7, 11) is 0. The molecule has 3 heteroatoms. The first-order valence-corrected chi connectivity index (χ1v) is 5.37. The molecule has 0 aromatic heterocycles. The number of nitrogens with two attached hydrogens (primary N) is 1. The standard InChI is InChI=1S/C13H19NO.ClH/c1-3-5-6-13(14)11-7-9-12(10-8-11)15-4-2;/h3,7-10,13H,1,4-6,14H2,2H3;1H/t13-;/m1./s1. The fourth-order valence-corrected chi connectivity index (χ4v) is 1.44. The topological polar surface area (TPSA) is 35.2 Å². The van der Waals surface area contributed by atoms with Crippen molar-refractivity contribution in [2.45, 2.75) is 25.8 Å². The maximum absolute atomic E-state index is 6.02. The molecule has 0 fully saturated rings. The molecule has 90 valence electrons. The van der Waals surface area contributed by atoms with Crippen LogP contribution in [0.2, 0.25) is 0 Å². The Morgan fingerprint density at radius 2 is 2.00 bits per heavy atom. The average molecular weight is 242 g/mol. The van der Waals surface area contributed by atoms with E-state index in [2.05, 4.69) is 6.58 Å². The maximum Gasteiger partial charge on any atom is 0.119 e. The molecule has 0 bridgehead atoms. The van der Waals surface area contributed by atoms with E-state index >= 15 is 0 Å². The molecule has 1 aromatic rings. The maximum atomic E-state index is 6.02. The highest BCUT2D eigenvalue weighted by molar-refractivity contribution is 5.85. The van der Waals surface area contributed by atoms with Crippen LogP contribution in [0.1, 0.15) is 31.4 Å². The second kappa shape index (κ2) is 8.20. The summed E-state index contributed by atoms with van der Waals surface area (Å²) in [5.41, 5.74) is 7.17. The highest BCUT2D eigenvalue weighted by Crippen LogP contribution is 2.19. The summed E-state index contributed by atoms with van der Waals surface area (Å²) in [5.74, 6) is 0.900. The molecule has 2 nitrogen and oxygen atoms in total. The van der Waals surface area contributed by atoms with Crippen LogP contribution in [0.4, 0.5) is 0 Å².